The highest BCUT2D eigenvalue weighted by Crippen LogP contribution is 2.26. The lowest BCUT2D eigenvalue weighted by molar-refractivity contribution is -0.0499. The van der Waals surface area contributed by atoms with Crippen LogP contribution >= 0.6 is 0 Å². The summed E-state index contributed by atoms with van der Waals surface area (Å²) in [6.45, 7) is 0.460. The van der Waals surface area contributed by atoms with Gasteiger partial charge in [-0.1, -0.05) is 0 Å². The lowest BCUT2D eigenvalue weighted by Gasteiger charge is -2.11. The summed E-state index contributed by atoms with van der Waals surface area (Å²) in [4.78, 5) is 11.5. The van der Waals surface area contributed by atoms with Crippen LogP contribution in [0.2, 0.25) is 0 Å². The van der Waals surface area contributed by atoms with Gasteiger partial charge in [0.1, 0.15) is 5.75 Å². The third-order valence-electron chi connectivity index (χ3n) is 2.08. The third kappa shape index (κ3) is 3.30. The number of anilines is 1. The Labute approximate surface area is 97.3 Å². The molecule has 0 heterocycles. The van der Waals surface area contributed by atoms with Crippen molar-refractivity contribution in [3.8, 4) is 5.75 Å². The van der Waals surface area contributed by atoms with Gasteiger partial charge in [0.05, 0.1) is 12.2 Å². The number of nitrogens with two attached hydrogens (primary N) is 1. The Hall–Kier alpha value is -1.85. The predicted octanol–water partition coefficient (Wildman–Crippen LogP) is 2.36. The first kappa shape index (κ1) is 13.2. The number of esters is 1. The van der Waals surface area contributed by atoms with Crippen LogP contribution in [0.15, 0.2) is 12.1 Å². The minimum absolute atomic E-state index is 0.0301. The lowest BCUT2D eigenvalue weighted by atomic mass is 10.1. The number of alkyl halides is 2. The number of hydrogen-bond donors (Lipinski definition) is 1. The Morgan fingerprint density at radius 1 is 1.47 bits per heavy atom. The molecule has 0 aliphatic heterocycles. The molecule has 6 heteroatoms. The second kappa shape index (κ2) is 5.47. The van der Waals surface area contributed by atoms with Crippen molar-refractivity contribution in [3.05, 3.63) is 23.3 Å². The highest BCUT2D eigenvalue weighted by atomic mass is 19.3. The zero-order chi connectivity index (χ0) is 13.0. The molecule has 17 heavy (non-hydrogen) atoms. The van der Waals surface area contributed by atoms with E-state index in [1.54, 1.807) is 13.8 Å². The molecule has 0 radical (unpaired) electrons. The largest absolute Gasteiger partial charge is 0.462 e. The van der Waals surface area contributed by atoms with Gasteiger partial charge in [0.25, 0.3) is 0 Å². The number of rotatable bonds is 4. The molecule has 1 aromatic carbocycles. The number of halogens is 2. The van der Waals surface area contributed by atoms with Gasteiger partial charge in [0.15, 0.2) is 0 Å². The molecule has 0 unspecified atom stereocenters. The van der Waals surface area contributed by atoms with Gasteiger partial charge in [-0.3, -0.25) is 0 Å². The van der Waals surface area contributed by atoms with E-state index in [-0.39, 0.29) is 23.6 Å². The van der Waals surface area contributed by atoms with E-state index in [9.17, 15) is 13.6 Å². The van der Waals surface area contributed by atoms with E-state index in [1.807, 2.05) is 0 Å². The van der Waals surface area contributed by atoms with Crippen LogP contribution in [0, 0.1) is 6.92 Å². The number of carbonyl (C=O) groups is 1. The highest BCUT2D eigenvalue weighted by molar-refractivity contribution is 5.96. The van der Waals surface area contributed by atoms with E-state index in [2.05, 4.69) is 4.74 Å². The molecular weight excluding hydrogens is 232 g/mol. The van der Waals surface area contributed by atoms with Gasteiger partial charge in [0, 0.05) is 5.69 Å². The monoisotopic (exact) mass is 245 g/mol. The fourth-order valence-electron chi connectivity index (χ4n) is 1.31. The SMILES string of the molecule is CCOC(=O)c1cc(OC(F)F)cc(C)c1N. The summed E-state index contributed by atoms with van der Waals surface area (Å²) >= 11 is 0. The van der Waals surface area contributed by atoms with E-state index in [0.717, 1.165) is 6.07 Å². The van der Waals surface area contributed by atoms with E-state index in [4.69, 9.17) is 10.5 Å². The van der Waals surface area contributed by atoms with Gasteiger partial charge in [-0.05, 0) is 31.5 Å². The summed E-state index contributed by atoms with van der Waals surface area (Å²) < 4.78 is 33.1. The molecule has 1 rings (SSSR count). The summed E-state index contributed by atoms with van der Waals surface area (Å²) in [6, 6.07) is 2.48. The van der Waals surface area contributed by atoms with Crippen LogP contribution in [-0.2, 0) is 4.74 Å². The quantitative estimate of drug-likeness (QED) is 0.653. The molecule has 0 amide bonds. The average molecular weight is 245 g/mol. The first-order valence-electron chi connectivity index (χ1n) is 4.97. The number of hydrogen-bond acceptors (Lipinski definition) is 4. The van der Waals surface area contributed by atoms with Crippen molar-refractivity contribution in [1.82, 2.24) is 0 Å². The molecule has 0 saturated heterocycles. The molecule has 0 aromatic heterocycles. The second-order valence-corrected chi connectivity index (χ2v) is 3.30. The van der Waals surface area contributed by atoms with Gasteiger partial charge in [-0.25, -0.2) is 4.79 Å². The van der Waals surface area contributed by atoms with Crippen molar-refractivity contribution >= 4 is 11.7 Å². The van der Waals surface area contributed by atoms with Crippen LogP contribution in [0.25, 0.3) is 0 Å². The first-order valence-corrected chi connectivity index (χ1v) is 4.97. The molecule has 0 aliphatic carbocycles. The van der Waals surface area contributed by atoms with Crippen LogP contribution in [0.1, 0.15) is 22.8 Å². The zero-order valence-corrected chi connectivity index (χ0v) is 9.50. The Morgan fingerprint density at radius 2 is 2.12 bits per heavy atom. The maximum atomic E-state index is 12.1. The third-order valence-corrected chi connectivity index (χ3v) is 2.08. The molecule has 0 spiro atoms. The topological polar surface area (TPSA) is 61.5 Å². The molecular formula is C11H13F2NO3. The molecule has 1 aromatic rings. The predicted molar refractivity (Wildman–Crippen MR) is 58.2 cm³/mol. The van der Waals surface area contributed by atoms with Gasteiger partial charge >= 0.3 is 12.6 Å². The Balaban J connectivity index is 3.10. The van der Waals surface area contributed by atoms with Crippen molar-refractivity contribution in [2.45, 2.75) is 20.5 Å². The van der Waals surface area contributed by atoms with Crippen LogP contribution in [0.5, 0.6) is 5.75 Å². The van der Waals surface area contributed by atoms with Crippen LogP contribution in [0.4, 0.5) is 14.5 Å². The van der Waals surface area contributed by atoms with Crippen LogP contribution in [-0.4, -0.2) is 19.2 Å². The second-order valence-electron chi connectivity index (χ2n) is 3.30. The van der Waals surface area contributed by atoms with Gasteiger partial charge in [-0.15, -0.1) is 0 Å². The van der Waals surface area contributed by atoms with Gasteiger partial charge in [-0.2, -0.15) is 8.78 Å². The molecule has 94 valence electrons. The lowest BCUT2D eigenvalue weighted by Crippen LogP contribution is -2.11. The smallest absolute Gasteiger partial charge is 0.387 e. The number of aryl methyl sites for hydroxylation is 1. The number of benzene rings is 1. The Bertz CT molecular complexity index is 421. The highest BCUT2D eigenvalue weighted by Gasteiger charge is 2.16. The van der Waals surface area contributed by atoms with Crippen LogP contribution < -0.4 is 10.5 Å². The molecule has 0 saturated carbocycles. The standard InChI is InChI=1S/C11H13F2NO3/c1-3-16-10(15)8-5-7(17-11(12)13)4-6(2)9(8)14/h4-5,11H,3,14H2,1-2H3. The van der Waals surface area contributed by atoms with E-state index >= 15 is 0 Å². The van der Waals surface area contributed by atoms with Crippen LogP contribution in [0.3, 0.4) is 0 Å². The maximum absolute atomic E-state index is 12.1. The summed E-state index contributed by atoms with van der Waals surface area (Å²) in [7, 11) is 0. The Kier molecular flexibility index (Phi) is 4.25. The van der Waals surface area contributed by atoms with Gasteiger partial charge in [0.2, 0.25) is 0 Å². The summed E-state index contributed by atoms with van der Waals surface area (Å²) in [6.07, 6.45) is 0. The molecule has 2 N–H and O–H groups in total. The normalized spacial score (nSPS) is 10.4. The number of carbonyl (C=O) groups excluding carboxylic acids is 1. The Morgan fingerprint density at radius 3 is 2.65 bits per heavy atom. The summed E-state index contributed by atoms with van der Waals surface area (Å²) in [5.41, 5.74) is 6.38. The fraction of sp³-hybridized carbons (Fsp3) is 0.364. The molecule has 0 atom stereocenters. The number of ether oxygens (including phenoxy) is 2. The summed E-state index contributed by atoms with van der Waals surface area (Å²) in [5.74, 6) is -0.775. The van der Waals surface area contributed by atoms with E-state index in [0.29, 0.717) is 5.56 Å². The van der Waals surface area contributed by atoms with Crippen molar-refractivity contribution in [1.29, 1.82) is 0 Å². The summed E-state index contributed by atoms with van der Waals surface area (Å²) in [5, 5.41) is 0. The minimum Gasteiger partial charge on any atom is -0.462 e. The van der Waals surface area contributed by atoms with Crippen molar-refractivity contribution < 1.29 is 23.0 Å². The first-order chi connectivity index (χ1) is 7.95. The zero-order valence-electron chi connectivity index (χ0n) is 9.50. The number of nitrogen functional groups attached to an aromatic ring is 1. The molecule has 4 nitrogen and oxygen atoms in total. The van der Waals surface area contributed by atoms with Gasteiger partial charge < -0.3 is 15.2 Å². The fourth-order valence-corrected chi connectivity index (χ4v) is 1.31. The van der Waals surface area contributed by atoms with E-state index in [1.165, 1.54) is 6.07 Å². The van der Waals surface area contributed by atoms with Crippen molar-refractivity contribution in [3.63, 3.8) is 0 Å². The molecule has 0 fully saturated rings. The molecule has 0 aliphatic rings. The average Bonchev–Trinajstić information content (AvgIpc) is 2.22. The maximum Gasteiger partial charge on any atom is 0.387 e. The van der Waals surface area contributed by atoms with Crippen molar-refractivity contribution in [2.24, 2.45) is 0 Å². The van der Waals surface area contributed by atoms with E-state index < -0.39 is 12.6 Å². The minimum atomic E-state index is -2.95. The van der Waals surface area contributed by atoms with Crippen molar-refractivity contribution in [2.75, 3.05) is 12.3 Å². The molecule has 0 bridgehead atoms.